The van der Waals surface area contributed by atoms with Crippen molar-refractivity contribution in [3.8, 4) is 0 Å². The number of carbonyl (C=O) groups is 1. The minimum absolute atomic E-state index is 0.281. The Labute approximate surface area is 126 Å². The van der Waals surface area contributed by atoms with E-state index < -0.39 is 0 Å². The summed E-state index contributed by atoms with van der Waals surface area (Å²) in [5.74, 6) is 0.759. The summed E-state index contributed by atoms with van der Waals surface area (Å²) in [6.45, 7) is 6.73. The zero-order valence-corrected chi connectivity index (χ0v) is 13.5. The molecule has 0 radical (unpaired) electrons. The minimum atomic E-state index is -0.281. The molecule has 2 atom stereocenters. The third-order valence-electron chi connectivity index (χ3n) is 3.49. The summed E-state index contributed by atoms with van der Waals surface area (Å²) in [6.07, 6.45) is 3.47. The zero-order chi connectivity index (χ0) is 15.0. The molecule has 20 heavy (non-hydrogen) atoms. The number of para-hydroxylation sites is 1. The minimum Gasteiger partial charge on any atom is -0.381 e. The quantitative estimate of drug-likeness (QED) is 0.679. The maximum atomic E-state index is 10.9. The molecule has 0 aliphatic carbocycles. The van der Waals surface area contributed by atoms with Crippen molar-refractivity contribution < 1.29 is 4.79 Å². The molecule has 1 amide bonds. The predicted octanol–water partition coefficient (Wildman–Crippen LogP) is 3.89. The van der Waals surface area contributed by atoms with E-state index in [1.807, 2.05) is 18.2 Å². The van der Waals surface area contributed by atoms with Crippen molar-refractivity contribution in [1.29, 1.82) is 0 Å². The third-order valence-corrected chi connectivity index (χ3v) is 4.59. The second kappa shape index (κ2) is 8.90. The van der Waals surface area contributed by atoms with Crippen LogP contribution in [0.2, 0.25) is 0 Å². The van der Waals surface area contributed by atoms with Crippen molar-refractivity contribution >= 4 is 23.4 Å². The van der Waals surface area contributed by atoms with Gasteiger partial charge in [-0.3, -0.25) is 4.79 Å². The van der Waals surface area contributed by atoms with Crippen LogP contribution in [0.1, 0.15) is 40.0 Å². The number of primary amides is 1. The molecule has 0 aliphatic heterocycles. The number of carbonyl (C=O) groups excluding carboxylic acids is 1. The van der Waals surface area contributed by atoms with Gasteiger partial charge in [-0.25, -0.2) is 0 Å². The highest BCUT2D eigenvalue weighted by Crippen LogP contribution is 2.28. The Hall–Kier alpha value is -1.16. The molecule has 0 bridgehead atoms. The lowest BCUT2D eigenvalue weighted by Gasteiger charge is -2.23. The lowest BCUT2D eigenvalue weighted by molar-refractivity contribution is -0.115. The van der Waals surface area contributed by atoms with Crippen molar-refractivity contribution in [1.82, 2.24) is 0 Å². The number of benzene rings is 1. The van der Waals surface area contributed by atoms with Gasteiger partial charge >= 0.3 is 0 Å². The SMILES string of the molecule is CCC(C)CC(CC)Nc1ccccc1SCC(N)=O. The van der Waals surface area contributed by atoms with Gasteiger partial charge in [0.1, 0.15) is 0 Å². The largest absolute Gasteiger partial charge is 0.381 e. The van der Waals surface area contributed by atoms with Crippen LogP contribution in [0.3, 0.4) is 0 Å². The topological polar surface area (TPSA) is 55.1 Å². The summed E-state index contributed by atoms with van der Waals surface area (Å²) in [4.78, 5) is 12.0. The van der Waals surface area contributed by atoms with Gasteiger partial charge in [0.05, 0.1) is 5.75 Å². The van der Waals surface area contributed by atoms with Gasteiger partial charge in [-0.1, -0.05) is 39.3 Å². The first-order valence-corrected chi connectivity index (χ1v) is 8.32. The zero-order valence-electron chi connectivity index (χ0n) is 12.7. The molecule has 0 aliphatic rings. The molecule has 0 aromatic heterocycles. The van der Waals surface area contributed by atoms with Crippen molar-refractivity contribution in [2.24, 2.45) is 11.7 Å². The molecule has 3 nitrogen and oxygen atoms in total. The van der Waals surface area contributed by atoms with E-state index in [1.54, 1.807) is 0 Å². The Balaban J connectivity index is 2.71. The average molecular weight is 294 g/mol. The number of nitrogens with one attached hydrogen (secondary N) is 1. The Bertz CT molecular complexity index is 423. The summed E-state index contributed by atoms with van der Waals surface area (Å²) in [5.41, 5.74) is 6.33. The molecule has 1 aromatic rings. The number of thioether (sulfide) groups is 1. The molecule has 4 heteroatoms. The number of hydrogen-bond acceptors (Lipinski definition) is 3. The van der Waals surface area contributed by atoms with Gasteiger partial charge in [0, 0.05) is 16.6 Å². The summed E-state index contributed by atoms with van der Waals surface area (Å²) in [6, 6.07) is 8.59. The average Bonchev–Trinajstić information content (AvgIpc) is 2.45. The van der Waals surface area contributed by atoms with Crippen LogP contribution in [0.15, 0.2) is 29.2 Å². The Morgan fingerprint density at radius 2 is 2.00 bits per heavy atom. The van der Waals surface area contributed by atoms with Crippen LogP contribution in [0, 0.1) is 5.92 Å². The lowest BCUT2D eigenvalue weighted by atomic mass is 9.97. The molecule has 0 saturated heterocycles. The second-order valence-corrected chi connectivity index (χ2v) is 6.27. The highest BCUT2D eigenvalue weighted by Gasteiger charge is 2.12. The number of rotatable bonds is 9. The van der Waals surface area contributed by atoms with Crippen LogP contribution in [-0.4, -0.2) is 17.7 Å². The summed E-state index contributed by atoms with van der Waals surface area (Å²) in [7, 11) is 0. The normalized spacial score (nSPS) is 13.8. The smallest absolute Gasteiger partial charge is 0.227 e. The molecule has 0 saturated carbocycles. The van der Waals surface area contributed by atoms with Crippen LogP contribution in [0.25, 0.3) is 0 Å². The first-order chi connectivity index (χ1) is 9.56. The van der Waals surface area contributed by atoms with Crippen LogP contribution in [0.4, 0.5) is 5.69 Å². The Morgan fingerprint density at radius 3 is 2.60 bits per heavy atom. The van der Waals surface area contributed by atoms with Crippen LogP contribution < -0.4 is 11.1 Å². The van der Waals surface area contributed by atoms with Gasteiger partial charge in [-0.15, -0.1) is 11.8 Å². The van der Waals surface area contributed by atoms with Crippen LogP contribution in [0.5, 0.6) is 0 Å². The molecule has 1 rings (SSSR count). The van der Waals surface area contributed by atoms with E-state index in [0.717, 1.165) is 22.9 Å². The maximum absolute atomic E-state index is 10.9. The predicted molar refractivity (Wildman–Crippen MR) is 88.1 cm³/mol. The van der Waals surface area contributed by atoms with Crippen LogP contribution >= 0.6 is 11.8 Å². The van der Waals surface area contributed by atoms with Crippen LogP contribution in [-0.2, 0) is 4.79 Å². The van der Waals surface area contributed by atoms with Gasteiger partial charge < -0.3 is 11.1 Å². The van der Waals surface area contributed by atoms with E-state index in [2.05, 4.69) is 32.2 Å². The number of hydrogen-bond donors (Lipinski definition) is 2. The number of nitrogens with two attached hydrogens (primary N) is 1. The lowest BCUT2D eigenvalue weighted by Crippen LogP contribution is -2.21. The van der Waals surface area contributed by atoms with E-state index in [9.17, 15) is 4.79 Å². The first kappa shape index (κ1) is 16.9. The summed E-state index contributed by atoms with van der Waals surface area (Å²) < 4.78 is 0. The maximum Gasteiger partial charge on any atom is 0.227 e. The fourth-order valence-corrected chi connectivity index (χ4v) is 2.82. The van der Waals surface area contributed by atoms with E-state index in [-0.39, 0.29) is 5.91 Å². The van der Waals surface area contributed by atoms with E-state index in [4.69, 9.17) is 5.73 Å². The van der Waals surface area contributed by atoms with Gasteiger partial charge in [-0.05, 0) is 30.9 Å². The van der Waals surface area contributed by atoms with E-state index >= 15 is 0 Å². The fraction of sp³-hybridized carbons (Fsp3) is 0.562. The van der Waals surface area contributed by atoms with Crippen molar-refractivity contribution in [3.05, 3.63) is 24.3 Å². The fourth-order valence-electron chi connectivity index (χ4n) is 2.06. The molecule has 3 N–H and O–H groups in total. The standard InChI is InChI=1S/C16H26N2OS/c1-4-12(3)10-13(5-2)18-14-8-6-7-9-15(14)20-11-16(17)19/h6-9,12-13,18H,4-5,10-11H2,1-3H3,(H2,17,19). The van der Waals surface area contributed by atoms with Gasteiger partial charge in [0.15, 0.2) is 0 Å². The van der Waals surface area contributed by atoms with Gasteiger partial charge in [-0.2, -0.15) is 0 Å². The van der Waals surface area contributed by atoms with Crippen molar-refractivity contribution in [2.75, 3.05) is 11.1 Å². The van der Waals surface area contributed by atoms with E-state index in [0.29, 0.717) is 11.8 Å². The third kappa shape index (κ3) is 5.87. The Kier molecular flexibility index (Phi) is 7.52. The molecule has 0 heterocycles. The molecular formula is C16H26N2OS. The molecule has 2 unspecified atom stereocenters. The highest BCUT2D eigenvalue weighted by molar-refractivity contribution is 8.00. The number of anilines is 1. The van der Waals surface area contributed by atoms with Crippen molar-refractivity contribution in [2.45, 2.75) is 51.0 Å². The summed E-state index contributed by atoms with van der Waals surface area (Å²) >= 11 is 1.50. The Morgan fingerprint density at radius 1 is 1.30 bits per heavy atom. The molecule has 0 fully saturated rings. The molecule has 1 aromatic carbocycles. The van der Waals surface area contributed by atoms with E-state index in [1.165, 1.54) is 24.6 Å². The monoisotopic (exact) mass is 294 g/mol. The van der Waals surface area contributed by atoms with Crippen molar-refractivity contribution in [3.63, 3.8) is 0 Å². The molecular weight excluding hydrogens is 268 g/mol. The number of amides is 1. The second-order valence-electron chi connectivity index (χ2n) is 5.25. The molecule has 0 spiro atoms. The van der Waals surface area contributed by atoms with Gasteiger partial charge in [0.25, 0.3) is 0 Å². The first-order valence-electron chi connectivity index (χ1n) is 7.33. The summed E-state index contributed by atoms with van der Waals surface area (Å²) in [5, 5.41) is 3.61. The highest BCUT2D eigenvalue weighted by atomic mass is 32.2. The molecule has 112 valence electrons. The van der Waals surface area contributed by atoms with Gasteiger partial charge in [0.2, 0.25) is 5.91 Å².